The summed E-state index contributed by atoms with van der Waals surface area (Å²) in [5.74, 6) is 0.799. The van der Waals surface area contributed by atoms with Crippen LogP contribution in [0.4, 0.5) is 11.1 Å². The molecule has 3 heterocycles. The van der Waals surface area contributed by atoms with Crippen LogP contribution in [0.15, 0.2) is 35.8 Å². The van der Waals surface area contributed by atoms with Crippen LogP contribution in [0.1, 0.15) is 5.56 Å². The monoisotopic (exact) mass is 327 g/mol. The van der Waals surface area contributed by atoms with Gasteiger partial charge in [-0.2, -0.15) is 4.68 Å². The van der Waals surface area contributed by atoms with Gasteiger partial charge in [-0.1, -0.05) is 22.8 Å². The van der Waals surface area contributed by atoms with Crippen LogP contribution >= 0.6 is 11.3 Å². The number of hydrogen-bond donors (Lipinski definition) is 0. The van der Waals surface area contributed by atoms with Crippen molar-refractivity contribution in [3.8, 4) is 5.69 Å². The summed E-state index contributed by atoms with van der Waals surface area (Å²) in [6.07, 6.45) is 1.85. The van der Waals surface area contributed by atoms with Crippen molar-refractivity contribution in [1.82, 2.24) is 25.2 Å². The SMILES string of the molecule is Cc1ccc(-n2nnnc2N2CCN(c3nccs3)CC2)cc1. The van der Waals surface area contributed by atoms with Crippen LogP contribution < -0.4 is 9.80 Å². The molecule has 2 aromatic heterocycles. The molecule has 23 heavy (non-hydrogen) atoms. The Hall–Kier alpha value is -2.48. The highest BCUT2D eigenvalue weighted by atomic mass is 32.1. The fraction of sp³-hybridized carbons (Fsp3) is 0.333. The molecule has 8 heteroatoms. The third kappa shape index (κ3) is 2.77. The molecule has 1 aliphatic heterocycles. The number of nitrogens with zero attached hydrogens (tertiary/aromatic N) is 7. The van der Waals surface area contributed by atoms with Crippen molar-refractivity contribution < 1.29 is 0 Å². The normalized spacial score (nSPS) is 15.2. The molecule has 0 spiro atoms. The number of rotatable bonds is 3. The van der Waals surface area contributed by atoms with Gasteiger partial charge < -0.3 is 9.80 Å². The van der Waals surface area contributed by atoms with E-state index >= 15 is 0 Å². The Morgan fingerprint density at radius 1 is 1.00 bits per heavy atom. The largest absolute Gasteiger partial charge is 0.345 e. The van der Waals surface area contributed by atoms with Gasteiger partial charge in [0.05, 0.1) is 5.69 Å². The van der Waals surface area contributed by atoms with Gasteiger partial charge in [-0.05, 0) is 29.5 Å². The topological polar surface area (TPSA) is 63.0 Å². The predicted octanol–water partition coefficient (Wildman–Crippen LogP) is 1.75. The van der Waals surface area contributed by atoms with Crippen molar-refractivity contribution >= 4 is 22.4 Å². The van der Waals surface area contributed by atoms with Crippen molar-refractivity contribution in [1.29, 1.82) is 0 Å². The quantitative estimate of drug-likeness (QED) is 0.730. The molecule has 1 aromatic carbocycles. The molecule has 0 amide bonds. The van der Waals surface area contributed by atoms with Crippen LogP contribution in [-0.4, -0.2) is 51.4 Å². The molecule has 0 bridgehead atoms. The first kappa shape index (κ1) is 14.1. The third-order valence-corrected chi connectivity index (χ3v) is 4.82. The van der Waals surface area contributed by atoms with Gasteiger partial charge in [-0.3, -0.25) is 0 Å². The summed E-state index contributed by atoms with van der Waals surface area (Å²) in [7, 11) is 0. The number of hydrogen-bond acceptors (Lipinski definition) is 7. The predicted molar refractivity (Wildman–Crippen MR) is 90.4 cm³/mol. The van der Waals surface area contributed by atoms with Crippen molar-refractivity contribution in [2.45, 2.75) is 6.92 Å². The maximum Gasteiger partial charge on any atom is 0.250 e. The van der Waals surface area contributed by atoms with Crippen molar-refractivity contribution in [2.24, 2.45) is 0 Å². The molecule has 0 N–H and O–H groups in total. The molecule has 3 aromatic rings. The lowest BCUT2D eigenvalue weighted by Crippen LogP contribution is -2.47. The van der Waals surface area contributed by atoms with Crippen LogP contribution in [0.3, 0.4) is 0 Å². The number of thiazole rings is 1. The lowest BCUT2D eigenvalue weighted by atomic mass is 10.2. The number of tetrazole rings is 1. The van der Waals surface area contributed by atoms with E-state index in [4.69, 9.17) is 0 Å². The minimum absolute atomic E-state index is 0.799. The Morgan fingerprint density at radius 3 is 2.43 bits per heavy atom. The second kappa shape index (κ2) is 5.96. The Bertz CT molecular complexity index is 757. The highest BCUT2D eigenvalue weighted by Crippen LogP contribution is 2.22. The fourth-order valence-electron chi connectivity index (χ4n) is 2.70. The van der Waals surface area contributed by atoms with Crippen molar-refractivity contribution in [2.75, 3.05) is 36.0 Å². The van der Waals surface area contributed by atoms with E-state index in [2.05, 4.69) is 49.4 Å². The Kier molecular flexibility index (Phi) is 3.66. The first-order valence-electron chi connectivity index (χ1n) is 7.56. The van der Waals surface area contributed by atoms with Gasteiger partial charge in [-0.25, -0.2) is 4.98 Å². The summed E-state index contributed by atoms with van der Waals surface area (Å²) >= 11 is 1.68. The molecule has 0 atom stereocenters. The molecule has 1 aliphatic rings. The summed E-state index contributed by atoms with van der Waals surface area (Å²) in [4.78, 5) is 8.91. The summed E-state index contributed by atoms with van der Waals surface area (Å²) in [5.41, 5.74) is 2.21. The molecule has 4 rings (SSSR count). The van der Waals surface area contributed by atoms with E-state index in [0.29, 0.717) is 0 Å². The number of piperazine rings is 1. The molecule has 0 radical (unpaired) electrons. The van der Waals surface area contributed by atoms with E-state index in [0.717, 1.165) is 42.9 Å². The summed E-state index contributed by atoms with van der Waals surface area (Å²) < 4.78 is 1.80. The smallest absolute Gasteiger partial charge is 0.250 e. The highest BCUT2D eigenvalue weighted by Gasteiger charge is 2.23. The molecular weight excluding hydrogens is 310 g/mol. The molecular formula is C15H17N7S. The van der Waals surface area contributed by atoms with Crippen LogP contribution in [0.25, 0.3) is 5.69 Å². The Labute approximate surface area is 138 Å². The molecule has 0 unspecified atom stereocenters. The van der Waals surface area contributed by atoms with E-state index in [9.17, 15) is 0 Å². The Morgan fingerprint density at radius 2 is 1.74 bits per heavy atom. The van der Waals surface area contributed by atoms with Gasteiger partial charge in [0.15, 0.2) is 5.13 Å². The van der Waals surface area contributed by atoms with Gasteiger partial charge >= 0.3 is 0 Å². The summed E-state index contributed by atoms with van der Waals surface area (Å²) in [6.45, 7) is 5.68. The molecule has 7 nitrogen and oxygen atoms in total. The lowest BCUT2D eigenvalue weighted by Gasteiger charge is -2.34. The zero-order valence-electron chi connectivity index (χ0n) is 12.8. The van der Waals surface area contributed by atoms with Gasteiger partial charge in [0, 0.05) is 37.8 Å². The standard InChI is InChI=1S/C15H17N7S/c1-12-2-4-13(5-3-12)22-14(17-18-19-22)20-7-9-21(10-8-20)15-16-6-11-23-15/h2-6,11H,7-10H2,1H3. The van der Waals surface area contributed by atoms with Gasteiger partial charge in [0.1, 0.15) is 0 Å². The van der Waals surface area contributed by atoms with Crippen LogP contribution in [0.2, 0.25) is 0 Å². The fourth-order valence-corrected chi connectivity index (χ4v) is 3.40. The van der Waals surface area contributed by atoms with Crippen LogP contribution in [0, 0.1) is 6.92 Å². The maximum absolute atomic E-state index is 4.38. The number of benzene rings is 1. The zero-order valence-corrected chi connectivity index (χ0v) is 13.6. The van der Waals surface area contributed by atoms with Crippen molar-refractivity contribution in [3.05, 3.63) is 41.4 Å². The maximum atomic E-state index is 4.38. The molecule has 0 saturated carbocycles. The average molecular weight is 327 g/mol. The Balaban J connectivity index is 1.52. The van der Waals surface area contributed by atoms with E-state index in [1.165, 1.54) is 5.56 Å². The zero-order chi connectivity index (χ0) is 15.6. The highest BCUT2D eigenvalue weighted by molar-refractivity contribution is 7.13. The first-order chi connectivity index (χ1) is 11.3. The first-order valence-corrected chi connectivity index (χ1v) is 8.44. The minimum Gasteiger partial charge on any atom is -0.345 e. The van der Waals surface area contributed by atoms with E-state index < -0.39 is 0 Å². The summed E-state index contributed by atoms with van der Waals surface area (Å²) in [6, 6.07) is 8.23. The van der Waals surface area contributed by atoms with Crippen molar-refractivity contribution in [3.63, 3.8) is 0 Å². The van der Waals surface area contributed by atoms with E-state index in [-0.39, 0.29) is 0 Å². The second-order valence-electron chi connectivity index (χ2n) is 5.52. The van der Waals surface area contributed by atoms with Crippen LogP contribution in [-0.2, 0) is 0 Å². The van der Waals surface area contributed by atoms with Gasteiger partial charge in [0.2, 0.25) is 5.95 Å². The minimum atomic E-state index is 0.799. The molecule has 0 aliphatic carbocycles. The number of aryl methyl sites for hydroxylation is 1. The van der Waals surface area contributed by atoms with Gasteiger partial charge in [0.25, 0.3) is 0 Å². The van der Waals surface area contributed by atoms with Crippen LogP contribution in [0.5, 0.6) is 0 Å². The third-order valence-electron chi connectivity index (χ3n) is 3.98. The molecule has 118 valence electrons. The summed E-state index contributed by atoms with van der Waals surface area (Å²) in [5, 5.41) is 15.3. The number of anilines is 2. The second-order valence-corrected chi connectivity index (χ2v) is 6.39. The average Bonchev–Trinajstić information content (AvgIpc) is 3.28. The molecule has 1 fully saturated rings. The van der Waals surface area contributed by atoms with E-state index in [1.807, 2.05) is 23.7 Å². The lowest BCUT2D eigenvalue weighted by molar-refractivity contribution is 0.630. The van der Waals surface area contributed by atoms with E-state index in [1.54, 1.807) is 16.0 Å². The molecule has 1 saturated heterocycles. The van der Waals surface area contributed by atoms with Gasteiger partial charge in [-0.15, -0.1) is 11.3 Å². The number of aromatic nitrogens is 5.